The van der Waals surface area contributed by atoms with Crippen molar-refractivity contribution in [3.63, 3.8) is 0 Å². The molecular formula is C28H36F3N5O5. The highest BCUT2D eigenvalue weighted by atomic mass is 19.4. The van der Waals surface area contributed by atoms with Gasteiger partial charge in [-0.25, -0.2) is 4.68 Å². The van der Waals surface area contributed by atoms with Crippen LogP contribution in [0.2, 0.25) is 0 Å². The molecule has 1 aliphatic heterocycles. The van der Waals surface area contributed by atoms with Crippen molar-refractivity contribution in [2.24, 2.45) is 11.8 Å². The Morgan fingerprint density at radius 1 is 1.02 bits per heavy atom. The van der Waals surface area contributed by atoms with Crippen molar-refractivity contribution < 1.29 is 37.1 Å². The summed E-state index contributed by atoms with van der Waals surface area (Å²) in [5.41, 5.74) is 1.36. The number of hydrogen-bond donors (Lipinski definition) is 2. The first kappa shape index (κ1) is 31.6. The molecule has 1 aromatic heterocycles. The molecule has 0 spiro atoms. The van der Waals surface area contributed by atoms with Crippen LogP contribution in [-0.2, 0) is 14.4 Å². The second-order valence-corrected chi connectivity index (χ2v) is 10.7. The fourth-order valence-corrected chi connectivity index (χ4v) is 4.86. The second kappa shape index (κ2) is 12.7. The quantitative estimate of drug-likeness (QED) is 0.446. The van der Waals surface area contributed by atoms with Crippen LogP contribution in [0, 0.1) is 18.8 Å². The number of amides is 3. The molecule has 10 nitrogen and oxygen atoms in total. The van der Waals surface area contributed by atoms with Gasteiger partial charge in [0.05, 0.1) is 30.6 Å². The highest BCUT2D eigenvalue weighted by Gasteiger charge is 2.46. The number of likely N-dealkylation sites (tertiary alicyclic amines) is 1. The molecule has 41 heavy (non-hydrogen) atoms. The normalized spacial score (nSPS) is 17.0. The van der Waals surface area contributed by atoms with Gasteiger partial charge in [-0.15, -0.1) is 0 Å². The van der Waals surface area contributed by atoms with Crippen LogP contribution in [-0.4, -0.2) is 76.1 Å². The largest absolute Gasteiger partial charge is 0.494 e. The van der Waals surface area contributed by atoms with Crippen molar-refractivity contribution in [3.05, 3.63) is 41.7 Å². The van der Waals surface area contributed by atoms with Gasteiger partial charge in [0.25, 0.3) is 11.7 Å². The van der Waals surface area contributed by atoms with Crippen LogP contribution in [0.4, 0.5) is 13.2 Å². The molecule has 3 atom stereocenters. The molecule has 1 saturated heterocycles. The van der Waals surface area contributed by atoms with E-state index in [9.17, 15) is 32.3 Å². The number of para-hydroxylation sites is 2. The van der Waals surface area contributed by atoms with Crippen molar-refractivity contribution in [2.75, 3.05) is 13.7 Å². The predicted octanol–water partition coefficient (Wildman–Crippen LogP) is 3.21. The third-order valence-corrected chi connectivity index (χ3v) is 7.15. The highest BCUT2D eigenvalue weighted by molar-refractivity contribution is 6.00. The third-order valence-electron chi connectivity index (χ3n) is 7.15. The zero-order valence-electron chi connectivity index (χ0n) is 23.9. The lowest BCUT2D eigenvalue weighted by atomic mass is 9.98. The fourth-order valence-electron chi connectivity index (χ4n) is 4.86. The molecule has 3 rings (SSSR count). The molecule has 0 saturated carbocycles. The first-order valence-corrected chi connectivity index (χ1v) is 13.4. The molecule has 0 unspecified atom stereocenters. The topological polar surface area (TPSA) is 123 Å². The van der Waals surface area contributed by atoms with Gasteiger partial charge in [-0.3, -0.25) is 19.2 Å². The van der Waals surface area contributed by atoms with E-state index in [1.165, 1.54) is 32.1 Å². The van der Waals surface area contributed by atoms with E-state index in [1.807, 2.05) is 0 Å². The number of carbonyl (C=O) groups excluding carboxylic acids is 4. The molecular weight excluding hydrogens is 543 g/mol. The zero-order valence-corrected chi connectivity index (χ0v) is 23.9. The summed E-state index contributed by atoms with van der Waals surface area (Å²) in [6.45, 7) is 8.14. The van der Waals surface area contributed by atoms with Crippen LogP contribution < -0.4 is 15.4 Å². The monoisotopic (exact) mass is 579 g/mol. The Bertz CT molecular complexity index is 1290. The van der Waals surface area contributed by atoms with E-state index < -0.39 is 53.7 Å². The Hall–Kier alpha value is -3.90. The van der Waals surface area contributed by atoms with E-state index in [0.29, 0.717) is 23.6 Å². The van der Waals surface area contributed by atoms with Crippen molar-refractivity contribution in [2.45, 2.75) is 71.8 Å². The van der Waals surface area contributed by atoms with Crippen LogP contribution in [0.25, 0.3) is 5.69 Å². The van der Waals surface area contributed by atoms with Crippen LogP contribution in [0.5, 0.6) is 5.75 Å². The van der Waals surface area contributed by atoms with Gasteiger partial charge < -0.3 is 20.3 Å². The standard InChI is InChI=1S/C28H36F3N5O5/c1-15(2)22(24(37)28(29,30)31)33-26(39)20-11-9-13-35(20)27(40)23(16(3)4)34-25(38)18-14-32-36(17(18)5)19-10-7-8-12-21(19)41-6/h7-8,10,12,14-16,20,22-23H,9,11,13H2,1-6H3,(H,33,39)(H,34,38)/t20-,22-,23-/m0/s1. The smallest absolute Gasteiger partial charge is 0.452 e. The third kappa shape index (κ3) is 6.88. The molecule has 1 aromatic carbocycles. The average molecular weight is 580 g/mol. The van der Waals surface area contributed by atoms with Crippen LogP contribution in [0.1, 0.15) is 56.6 Å². The Morgan fingerprint density at radius 2 is 1.66 bits per heavy atom. The van der Waals surface area contributed by atoms with E-state index in [4.69, 9.17) is 4.74 Å². The van der Waals surface area contributed by atoms with Crippen LogP contribution in [0.3, 0.4) is 0 Å². The molecule has 0 aliphatic carbocycles. The number of benzene rings is 1. The molecule has 3 amide bonds. The number of hydrogen-bond acceptors (Lipinski definition) is 6. The number of methoxy groups -OCH3 is 1. The second-order valence-electron chi connectivity index (χ2n) is 10.7. The van der Waals surface area contributed by atoms with Crippen molar-refractivity contribution in [3.8, 4) is 11.4 Å². The van der Waals surface area contributed by atoms with Crippen molar-refractivity contribution in [1.82, 2.24) is 25.3 Å². The van der Waals surface area contributed by atoms with Crippen molar-refractivity contribution >= 4 is 23.5 Å². The SMILES string of the molecule is COc1ccccc1-n1ncc(C(=O)N[C@H](C(=O)N2CCC[C@H]2C(=O)N[C@H](C(=O)C(F)(F)F)C(C)C)C(C)C)c1C. The van der Waals surface area contributed by atoms with E-state index in [1.54, 1.807) is 49.7 Å². The minimum atomic E-state index is -5.11. The van der Waals surface area contributed by atoms with Gasteiger partial charge in [0.15, 0.2) is 0 Å². The van der Waals surface area contributed by atoms with E-state index in [0.717, 1.165) is 0 Å². The molecule has 2 aromatic rings. The molecule has 0 bridgehead atoms. The molecule has 2 N–H and O–H groups in total. The van der Waals surface area contributed by atoms with E-state index in [-0.39, 0.29) is 24.4 Å². The predicted molar refractivity (Wildman–Crippen MR) is 144 cm³/mol. The fraction of sp³-hybridized carbons (Fsp3) is 0.536. The number of ether oxygens (including phenoxy) is 1. The molecule has 224 valence electrons. The number of nitrogens with zero attached hydrogens (tertiary/aromatic N) is 3. The maximum absolute atomic E-state index is 13.6. The summed E-state index contributed by atoms with van der Waals surface area (Å²) in [7, 11) is 1.52. The number of Topliss-reactive ketones (excluding diaryl/α,β-unsaturated/α-hetero) is 1. The Labute approximate surface area is 236 Å². The Balaban J connectivity index is 1.79. The van der Waals surface area contributed by atoms with Crippen molar-refractivity contribution in [1.29, 1.82) is 0 Å². The van der Waals surface area contributed by atoms with Crippen LogP contribution >= 0.6 is 0 Å². The first-order chi connectivity index (χ1) is 19.2. The minimum absolute atomic E-state index is 0.181. The summed E-state index contributed by atoms with van der Waals surface area (Å²) < 4.78 is 46.2. The van der Waals surface area contributed by atoms with Gasteiger partial charge in [-0.1, -0.05) is 39.8 Å². The van der Waals surface area contributed by atoms with Gasteiger partial charge in [0.1, 0.15) is 23.5 Å². The molecule has 2 heterocycles. The summed E-state index contributed by atoms with van der Waals surface area (Å²) in [6.07, 6.45) is -3.08. The maximum Gasteiger partial charge on any atom is 0.452 e. The number of aromatic nitrogens is 2. The van der Waals surface area contributed by atoms with Gasteiger partial charge >= 0.3 is 6.18 Å². The molecule has 0 radical (unpaired) electrons. The Morgan fingerprint density at radius 3 is 2.24 bits per heavy atom. The average Bonchev–Trinajstić information content (AvgIpc) is 3.55. The number of halogens is 3. The molecule has 13 heteroatoms. The van der Waals surface area contributed by atoms with Gasteiger partial charge in [-0.2, -0.15) is 18.3 Å². The maximum atomic E-state index is 13.6. The summed E-state index contributed by atoms with van der Waals surface area (Å²) >= 11 is 0. The van der Waals surface area contributed by atoms with Gasteiger partial charge in [-0.05, 0) is 43.7 Å². The summed E-state index contributed by atoms with van der Waals surface area (Å²) in [5, 5.41) is 9.28. The van der Waals surface area contributed by atoms with Gasteiger partial charge in [0, 0.05) is 6.54 Å². The minimum Gasteiger partial charge on any atom is -0.494 e. The molecule has 1 fully saturated rings. The number of ketones is 1. The highest BCUT2D eigenvalue weighted by Crippen LogP contribution is 2.26. The molecule has 1 aliphatic rings. The lowest BCUT2D eigenvalue weighted by molar-refractivity contribution is -0.175. The van der Waals surface area contributed by atoms with Gasteiger partial charge in [0.2, 0.25) is 11.8 Å². The first-order valence-electron chi connectivity index (χ1n) is 13.4. The van der Waals surface area contributed by atoms with Crippen LogP contribution in [0.15, 0.2) is 30.5 Å². The Kier molecular flexibility index (Phi) is 9.82. The van der Waals surface area contributed by atoms with E-state index >= 15 is 0 Å². The summed E-state index contributed by atoms with van der Waals surface area (Å²) in [5.74, 6) is -4.62. The van der Waals surface area contributed by atoms with E-state index in [2.05, 4.69) is 15.7 Å². The summed E-state index contributed by atoms with van der Waals surface area (Å²) in [6, 6.07) is 3.28. The lowest BCUT2D eigenvalue weighted by Gasteiger charge is -2.31. The lowest BCUT2D eigenvalue weighted by Crippen LogP contribution is -2.58. The number of carbonyl (C=O) groups is 4. The number of alkyl halides is 3. The number of nitrogens with one attached hydrogen (secondary N) is 2. The number of rotatable bonds is 10. The zero-order chi connectivity index (χ0) is 30.6. The summed E-state index contributed by atoms with van der Waals surface area (Å²) in [4.78, 5) is 53.1.